The lowest BCUT2D eigenvalue weighted by Gasteiger charge is -2.46. The predicted molar refractivity (Wildman–Crippen MR) is 58.3 cm³/mol. The molecule has 0 bridgehead atoms. The maximum atomic E-state index is 11.8. The fourth-order valence-corrected chi connectivity index (χ4v) is 2.06. The van der Waals surface area contributed by atoms with Crippen molar-refractivity contribution in [3.05, 3.63) is 0 Å². The van der Waals surface area contributed by atoms with E-state index in [4.69, 9.17) is 0 Å². The number of amides is 2. The number of carbonyl (C=O) groups excluding carboxylic acids is 2. The van der Waals surface area contributed by atoms with Crippen LogP contribution in [0.25, 0.3) is 0 Å². The van der Waals surface area contributed by atoms with Gasteiger partial charge in [0.05, 0.1) is 6.54 Å². The summed E-state index contributed by atoms with van der Waals surface area (Å²) >= 11 is 0. The van der Waals surface area contributed by atoms with E-state index in [1.165, 1.54) is 0 Å². The van der Waals surface area contributed by atoms with E-state index < -0.39 is 5.54 Å². The van der Waals surface area contributed by atoms with Crippen LogP contribution in [0.5, 0.6) is 0 Å². The molecular formula is C11H20N2O2. The van der Waals surface area contributed by atoms with E-state index in [2.05, 4.69) is 5.32 Å². The van der Waals surface area contributed by atoms with Crippen LogP contribution in [-0.4, -0.2) is 34.8 Å². The van der Waals surface area contributed by atoms with E-state index in [1.807, 2.05) is 27.7 Å². The van der Waals surface area contributed by atoms with Crippen LogP contribution in [0.4, 0.5) is 0 Å². The van der Waals surface area contributed by atoms with Gasteiger partial charge in [-0.2, -0.15) is 0 Å². The van der Waals surface area contributed by atoms with E-state index in [0.29, 0.717) is 6.42 Å². The zero-order chi connectivity index (χ0) is 11.6. The van der Waals surface area contributed by atoms with Crippen LogP contribution >= 0.6 is 0 Å². The van der Waals surface area contributed by atoms with Crippen LogP contribution in [-0.2, 0) is 9.59 Å². The molecule has 1 rings (SSSR count). The van der Waals surface area contributed by atoms with E-state index in [9.17, 15) is 9.59 Å². The highest BCUT2D eigenvalue weighted by molar-refractivity contribution is 5.97. The van der Waals surface area contributed by atoms with Crippen molar-refractivity contribution in [2.45, 2.75) is 52.1 Å². The van der Waals surface area contributed by atoms with Crippen molar-refractivity contribution in [1.29, 1.82) is 0 Å². The van der Waals surface area contributed by atoms with Gasteiger partial charge in [0, 0.05) is 6.04 Å². The van der Waals surface area contributed by atoms with Gasteiger partial charge in [-0.05, 0) is 26.7 Å². The summed E-state index contributed by atoms with van der Waals surface area (Å²) in [6.07, 6.45) is 1.52. The molecule has 1 N–H and O–H groups in total. The molecular weight excluding hydrogens is 192 g/mol. The summed E-state index contributed by atoms with van der Waals surface area (Å²) in [5.41, 5.74) is -0.676. The van der Waals surface area contributed by atoms with Gasteiger partial charge >= 0.3 is 0 Å². The number of nitrogens with zero attached hydrogens (tertiary/aromatic N) is 1. The molecule has 0 aromatic rings. The normalized spacial score (nSPS) is 28.9. The van der Waals surface area contributed by atoms with Gasteiger partial charge in [-0.15, -0.1) is 0 Å². The summed E-state index contributed by atoms with van der Waals surface area (Å²) in [6.45, 7) is 7.93. The smallest absolute Gasteiger partial charge is 0.246 e. The fraction of sp³-hybridized carbons (Fsp3) is 0.818. The Morgan fingerprint density at radius 1 is 1.47 bits per heavy atom. The number of hydrogen-bond acceptors (Lipinski definition) is 2. The Morgan fingerprint density at radius 2 is 2.07 bits per heavy atom. The van der Waals surface area contributed by atoms with Crippen LogP contribution in [0.1, 0.15) is 40.5 Å². The lowest BCUT2D eigenvalue weighted by atomic mass is 9.90. The topological polar surface area (TPSA) is 49.4 Å². The molecule has 0 aromatic carbocycles. The molecule has 1 heterocycles. The van der Waals surface area contributed by atoms with E-state index >= 15 is 0 Å². The molecule has 0 aliphatic carbocycles. The standard InChI is InChI=1S/C11H20N2O2/c1-5-8(3)13-9(14)7-12-10(15)11(13,4)6-2/h8H,5-7H2,1-4H3,(H,12,15). The van der Waals surface area contributed by atoms with Crippen molar-refractivity contribution in [2.24, 2.45) is 0 Å². The molecule has 2 amide bonds. The molecule has 0 radical (unpaired) electrons. The van der Waals surface area contributed by atoms with Crippen molar-refractivity contribution in [2.75, 3.05) is 6.54 Å². The van der Waals surface area contributed by atoms with Crippen molar-refractivity contribution in [3.63, 3.8) is 0 Å². The molecule has 4 nitrogen and oxygen atoms in total. The molecule has 2 unspecified atom stereocenters. The zero-order valence-electron chi connectivity index (χ0n) is 9.96. The van der Waals surface area contributed by atoms with Crippen LogP contribution in [0.2, 0.25) is 0 Å². The molecule has 86 valence electrons. The third-order valence-electron chi connectivity index (χ3n) is 3.41. The second-order valence-electron chi connectivity index (χ2n) is 4.33. The first-order valence-electron chi connectivity index (χ1n) is 5.57. The lowest BCUT2D eigenvalue weighted by molar-refractivity contribution is -0.155. The van der Waals surface area contributed by atoms with E-state index in [0.717, 1.165) is 6.42 Å². The summed E-state index contributed by atoms with van der Waals surface area (Å²) in [7, 11) is 0. The Balaban J connectivity index is 3.04. The monoisotopic (exact) mass is 212 g/mol. The van der Waals surface area contributed by atoms with Crippen molar-refractivity contribution < 1.29 is 9.59 Å². The van der Waals surface area contributed by atoms with Gasteiger partial charge in [-0.3, -0.25) is 9.59 Å². The maximum Gasteiger partial charge on any atom is 0.246 e. The molecule has 0 saturated carbocycles. The summed E-state index contributed by atoms with van der Waals surface area (Å²) in [5, 5.41) is 2.65. The van der Waals surface area contributed by atoms with Crippen LogP contribution in [0, 0.1) is 0 Å². The SMILES string of the molecule is CCC(C)N1C(=O)CNC(=O)C1(C)CC. The zero-order valence-corrected chi connectivity index (χ0v) is 9.96. The average molecular weight is 212 g/mol. The van der Waals surface area contributed by atoms with Crippen LogP contribution in [0.3, 0.4) is 0 Å². The van der Waals surface area contributed by atoms with E-state index in [1.54, 1.807) is 4.90 Å². The quantitative estimate of drug-likeness (QED) is 0.756. The Morgan fingerprint density at radius 3 is 2.53 bits per heavy atom. The number of piperazine rings is 1. The maximum absolute atomic E-state index is 11.8. The molecule has 0 aromatic heterocycles. The highest BCUT2D eigenvalue weighted by Gasteiger charge is 2.45. The van der Waals surface area contributed by atoms with Crippen LogP contribution < -0.4 is 5.32 Å². The number of hydrogen-bond donors (Lipinski definition) is 1. The highest BCUT2D eigenvalue weighted by atomic mass is 16.2. The molecule has 1 aliphatic heterocycles. The lowest BCUT2D eigenvalue weighted by Crippen LogP contribution is -2.67. The third-order valence-corrected chi connectivity index (χ3v) is 3.41. The fourth-order valence-electron chi connectivity index (χ4n) is 2.06. The van der Waals surface area contributed by atoms with Gasteiger partial charge in [0.15, 0.2) is 0 Å². The molecule has 15 heavy (non-hydrogen) atoms. The Kier molecular flexibility index (Phi) is 3.37. The first-order chi connectivity index (χ1) is 6.97. The van der Waals surface area contributed by atoms with Gasteiger partial charge in [-0.25, -0.2) is 0 Å². The van der Waals surface area contributed by atoms with Gasteiger partial charge < -0.3 is 10.2 Å². The third kappa shape index (κ3) is 1.85. The molecule has 4 heteroatoms. The first-order valence-corrected chi connectivity index (χ1v) is 5.57. The van der Waals surface area contributed by atoms with E-state index in [-0.39, 0.29) is 24.4 Å². The summed E-state index contributed by atoms with van der Waals surface area (Å²) in [5.74, 6) is -0.0156. The predicted octanol–water partition coefficient (Wildman–Crippen LogP) is 0.912. The minimum atomic E-state index is -0.676. The number of carbonyl (C=O) groups is 2. The molecule has 0 spiro atoms. The minimum Gasteiger partial charge on any atom is -0.345 e. The second-order valence-corrected chi connectivity index (χ2v) is 4.33. The van der Waals surface area contributed by atoms with Crippen LogP contribution in [0.15, 0.2) is 0 Å². The summed E-state index contributed by atoms with van der Waals surface area (Å²) in [6, 6.07) is 0.119. The number of rotatable bonds is 3. The molecule has 1 aliphatic rings. The van der Waals surface area contributed by atoms with Crippen molar-refractivity contribution in [3.8, 4) is 0 Å². The Hall–Kier alpha value is -1.06. The van der Waals surface area contributed by atoms with Crippen molar-refractivity contribution in [1.82, 2.24) is 10.2 Å². The number of nitrogens with one attached hydrogen (secondary N) is 1. The Labute approximate surface area is 91.0 Å². The highest BCUT2D eigenvalue weighted by Crippen LogP contribution is 2.26. The molecule has 1 saturated heterocycles. The van der Waals surface area contributed by atoms with Gasteiger partial charge in [-0.1, -0.05) is 13.8 Å². The largest absolute Gasteiger partial charge is 0.345 e. The average Bonchev–Trinajstić information content (AvgIpc) is 2.23. The molecule has 2 atom stereocenters. The summed E-state index contributed by atoms with van der Waals surface area (Å²) < 4.78 is 0. The first kappa shape index (κ1) is 12.0. The van der Waals surface area contributed by atoms with Gasteiger partial charge in [0.1, 0.15) is 5.54 Å². The summed E-state index contributed by atoms with van der Waals surface area (Å²) in [4.78, 5) is 25.4. The molecule has 1 fully saturated rings. The second kappa shape index (κ2) is 4.21. The Bertz CT molecular complexity index is 278. The minimum absolute atomic E-state index is 0.0216. The van der Waals surface area contributed by atoms with Crippen molar-refractivity contribution >= 4 is 11.8 Å². The van der Waals surface area contributed by atoms with Gasteiger partial charge in [0.2, 0.25) is 11.8 Å². The van der Waals surface area contributed by atoms with Gasteiger partial charge in [0.25, 0.3) is 0 Å².